The first kappa shape index (κ1) is 80.6. The summed E-state index contributed by atoms with van der Waals surface area (Å²) in [5, 5.41) is 19.7. The molecule has 141 heavy (non-hydrogen) atoms. The molecule has 0 bridgehead atoms. The van der Waals surface area contributed by atoms with E-state index in [2.05, 4.69) is 463 Å². The number of pyridine rings is 2. The maximum Gasteiger partial charge on any atom is 0.146 e. The van der Waals surface area contributed by atoms with Gasteiger partial charge in [-0.15, -0.1) is 34.0 Å². The molecule has 0 N–H and O–H groups in total. The highest BCUT2D eigenvalue weighted by Crippen LogP contribution is 2.53. The van der Waals surface area contributed by atoms with Crippen LogP contribution in [0.5, 0.6) is 0 Å². The van der Waals surface area contributed by atoms with Crippen LogP contribution in [0.2, 0.25) is 0 Å². The number of hydrogen-bond acceptors (Lipinski definition) is 9. The van der Waals surface area contributed by atoms with Gasteiger partial charge in [0.1, 0.15) is 39.5 Å². The highest BCUT2D eigenvalue weighted by molar-refractivity contribution is 7.27. The predicted octanol–water partition coefficient (Wildman–Crippen LogP) is 38.1. The molecule has 0 amide bonds. The molecule has 0 fully saturated rings. The molecule has 2 aliphatic rings. The molecule has 31 rings (SSSR count). The van der Waals surface area contributed by atoms with E-state index in [0.717, 1.165) is 101 Å². The number of nitrogens with zero attached hydrogens (tertiary/aromatic N) is 4. The van der Waals surface area contributed by atoms with E-state index in [1.54, 1.807) is 0 Å². The van der Waals surface area contributed by atoms with E-state index in [0.29, 0.717) is 0 Å². The third kappa shape index (κ3) is 13.4. The van der Waals surface area contributed by atoms with Gasteiger partial charge in [-0.05, 0) is 251 Å². The second kappa shape index (κ2) is 32.5. The molecule has 0 unspecified atom stereocenters. The predicted molar refractivity (Wildman–Crippen MR) is 597 cm³/mol. The number of fused-ring (bicyclic) bond motifs is 30. The van der Waals surface area contributed by atoms with Gasteiger partial charge in [0.05, 0.1) is 22.7 Å². The summed E-state index contributed by atoms with van der Waals surface area (Å²) in [6.07, 6.45) is 7.04. The van der Waals surface area contributed by atoms with Crippen molar-refractivity contribution < 1.29 is 13.3 Å². The third-order valence-electron chi connectivity index (χ3n) is 28.8. The van der Waals surface area contributed by atoms with Gasteiger partial charge < -0.3 is 18.2 Å². The van der Waals surface area contributed by atoms with Gasteiger partial charge in [-0.3, -0.25) is 9.55 Å². The quantitative estimate of drug-likeness (QED) is 0.136. The zero-order valence-electron chi connectivity index (χ0n) is 75.8. The number of hydrogen-bond donors (Lipinski definition) is 0. The summed E-state index contributed by atoms with van der Waals surface area (Å²) < 4.78 is 29.3. The van der Waals surface area contributed by atoms with Crippen molar-refractivity contribution in [3.63, 3.8) is 0 Å². The Hall–Kier alpha value is -17.6. The minimum atomic E-state index is 0.834. The molecule has 0 radical (unpaired) electrons. The fourth-order valence-electron chi connectivity index (χ4n) is 22.1. The van der Waals surface area contributed by atoms with Gasteiger partial charge in [0, 0.05) is 150 Å². The zero-order chi connectivity index (χ0) is 92.4. The fraction of sp³-hybridized carbons (Fsp3) is 0.00763. The van der Waals surface area contributed by atoms with E-state index in [4.69, 9.17) is 18.2 Å². The lowest BCUT2D eigenvalue weighted by Gasteiger charge is -2.25. The Morgan fingerprint density at radius 1 is 0.255 bits per heavy atom. The summed E-state index contributed by atoms with van der Waals surface area (Å²) in [6.45, 7) is 0. The Morgan fingerprint density at radius 3 is 1.48 bits per heavy atom. The highest BCUT2D eigenvalue weighted by Gasteiger charge is 2.30. The molecule has 7 nitrogen and oxygen atoms in total. The largest absolute Gasteiger partial charge is 0.460 e. The summed E-state index contributed by atoms with van der Waals surface area (Å²) in [7, 11) is 0. The monoisotopic (exact) mass is 1850 g/mol. The number of anilines is 3. The number of thiophene rings is 3. The Labute approximate surface area is 821 Å². The van der Waals surface area contributed by atoms with Crippen molar-refractivity contribution in [3.05, 3.63) is 472 Å². The van der Waals surface area contributed by atoms with Crippen LogP contribution < -0.4 is 4.90 Å². The molecule has 20 aromatic carbocycles. The summed E-state index contributed by atoms with van der Waals surface area (Å²) in [5.74, 6) is 2.01. The normalized spacial score (nSPS) is 12.3. The van der Waals surface area contributed by atoms with Crippen LogP contribution in [0, 0.1) is 0 Å². The molecule has 1 aliphatic carbocycles. The minimum absolute atomic E-state index is 0.834. The van der Waals surface area contributed by atoms with Crippen molar-refractivity contribution >= 4 is 222 Å². The Bertz CT molecular complexity index is 10200. The molecule has 10 heterocycles. The van der Waals surface area contributed by atoms with Gasteiger partial charge >= 0.3 is 0 Å². The van der Waals surface area contributed by atoms with Crippen LogP contribution in [0.25, 0.3) is 265 Å². The van der Waals surface area contributed by atoms with Crippen LogP contribution in [0.3, 0.4) is 0 Å². The van der Waals surface area contributed by atoms with Crippen molar-refractivity contribution in [1.29, 1.82) is 0 Å². The first-order chi connectivity index (χ1) is 69.8. The highest BCUT2D eigenvalue weighted by atomic mass is 32.1. The molecule has 9 aromatic heterocycles. The van der Waals surface area contributed by atoms with Gasteiger partial charge in [0.15, 0.2) is 0 Å². The summed E-state index contributed by atoms with van der Waals surface area (Å²) in [5.41, 5.74) is 34.3. The standard InChI is InChI=1S/C52H33NOS.C41H24O2S.C38H21N3S/c1-3-13-42(14-4-1)53(43-15-5-2-6-16-43)44-17-9-12-38(31-44)35-18-20-36(21-19-35)41-25-27-46-50(33-41)55-49-29-28-47-51(52(46)49)45-26-24-40(32-48(45)54-47)39-23-22-34-10-7-8-11-37(34)30-39;1-3-7-24(8-4-1)26-12-16-35-33(20-26)40-36(42-35)17-18-38-41(40)30-14-11-28(23-39(30)44-38)27-13-15-34-31(19-27)32-21-29(22-37(32)43-34)25-9-5-2-6-10-25;1-5-11-32-23(7-1)19-31-26-9-3-2-8-25(26)29-16-15-24(22-13-14-28-27-10-4-6-12-34(27)42-35(28)20-22)36-30-17-18-39-21-33(30)41(37(29)36)38(31)40-32/h1-33H;1-21,23H,22H2;1-21H. The molecule has 658 valence electrons. The number of allylic oxidation sites excluding steroid dienone is 1. The van der Waals surface area contributed by atoms with E-state index in [1.807, 2.05) is 46.4 Å². The van der Waals surface area contributed by atoms with Crippen molar-refractivity contribution in [1.82, 2.24) is 14.5 Å². The number of rotatable bonds is 10. The first-order valence-electron chi connectivity index (χ1n) is 47.8. The van der Waals surface area contributed by atoms with Gasteiger partial charge in [0.25, 0.3) is 0 Å². The van der Waals surface area contributed by atoms with Crippen LogP contribution in [-0.2, 0) is 6.42 Å². The SMILES string of the molecule is C1=C(c2ccccc2)Cc2oc3ccc(-c4ccc5c(c4)sc4ccc6oc7ccc(-c8ccccc8)cc7c6c45)cc3c21.c1ccc(N(c2ccccc2)c2cccc(-c3ccc(-c4ccc5c(c4)sc4ccc6oc7cc(-c8ccc9ccccc9c8)ccc7c6c45)cc3)c2)cc1.c1ccc2c(c1)-c1cc3ccccc3nc1-n1c3cnccc3c3c(-c4ccc5c(c4)sc4ccccc45)ccc-2c31. The van der Waals surface area contributed by atoms with Gasteiger partial charge in [0.2, 0.25) is 0 Å². The molecule has 0 saturated carbocycles. The molecule has 0 saturated heterocycles. The molecular formula is C131H78N4O3S3. The maximum absolute atomic E-state index is 6.54. The van der Waals surface area contributed by atoms with Crippen LogP contribution in [-0.4, -0.2) is 14.5 Å². The molecular weight excluding hydrogens is 1770 g/mol. The van der Waals surface area contributed by atoms with Crippen LogP contribution >= 0.6 is 34.0 Å². The smallest absolute Gasteiger partial charge is 0.146 e. The summed E-state index contributed by atoms with van der Waals surface area (Å²) in [6, 6.07) is 159. The number of furan rings is 3. The van der Waals surface area contributed by atoms with E-state index < -0.39 is 0 Å². The molecule has 29 aromatic rings. The molecule has 1 aliphatic heterocycles. The number of aromatic nitrogens is 3. The first-order valence-corrected chi connectivity index (χ1v) is 50.2. The van der Waals surface area contributed by atoms with Crippen LogP contribution in [0.4, 0.5) is 17.1 Å². The van der Waals surface area contributed by atoms with E-state index in [9.17, 15) is 0 Å². The van der Waals surface area contributed by atoms with Crippen molar-refractivity contribution in [2.45, 2.75) is 6.42 Å². The Balaban J connectivity index is 0.000000102. The fourth-order valence-corrected chi connectivity index (χ4v) is 25.6. The van der Waals surface area contributed by atoms with Crippen molar-refractivity contribution in [2.75, 3.05) is 4.90 Å². The van der Waals surface area contributed by atoms with Gasteiger partial charge in [-0.2, -0.15) is 0 Å². The molecule has 0 spiro atoms. The number of para-hydroxylation sites is 3. The van der Waals surface area contributed by atoms with Gasteiger partial charge in [-0.1, -0.05) is 297 Å². The lowest BCUT2D eigenvalue weighted by atomic mass is 9.91. The van der Waals surface area contributed by atoms with Crippen molar-refractivity contribution in [3.8, 4) is 94.8 Å². The zero-order valence-corrected chi connectivity index (χ0v) is 78.3. The summed E-state index contributed by atoms with van der Waals surface area (Å²) in [4.78, 5) is 12.2. The van der Waals surface area contributed by atoms with Crippen molar-refractivity contribution in [2.24, 2.45) is 0 Å². The third-order valence-corrected chi connectivity index (χ3v) is 32.2. The van der Waals surface area contributed by atoms with Crippen LogP contribution in [0.15, 0.2) is 468 Å². The average molecular weight is 1850 g/mol. The second-order valence-electron chi connectivity index (χ2n) is 36.8. The minimum Gasteiger partial charge on any atom is -0.460 e. The van der Waals surface area contributed by atoms with Crippen LogP contribution in [0.1, 0.15) is 16.9 Å². The van der Waals surface area contributed by atoms with Gasteiger partial charge in [-0.25, -0.2) is 4.98 Å². The molecule has 10 heteroatoms. The van der Waals surface area contributed by atoms with E-state index in [-0.39, 0.29) is 0 Å². The molecule has 0 atom stereocenters. The lowest BCUT2D eigenvalue weighted by Crippen LogP contribution is -2.09. The topological polar surface area (TPSA) is 73.4 Å². The number of benzene rings is 20. The Morgan fingerprint density at radius 2 is 0.745 bits per heavy atom. The Kier molecular flexibility index (Phi) is 18.6. The van der Waals surface area contributed by atoms with E-state index >= 15 is 0 Å². The average Bonchev–Trinajstić information content (AvgIpc) is 1.52. The van der Waals surface area contributed by atoms with E-state index in [1.165, 1.54) is 198 Å². The lowest BCUT2D eigenvalue weighted by molar-refractivity contribution is 0.569. The maximum atomic E-state index is 6.54. The second-order valence-corrected chi connectivity index (χ2v) is 40.1. The summed E-state index contributed by atoms with van der Waals surface area (Å²) >= 11 is 5.57.